The molecule has 1 heterocycles. The van der Waals surface area contributed by atoms with Crippen LogP contribution >= 0.6 is 0 Å². The molecule has 0 spiro atoms. The van der Waals surface area contributed by atoms with Gasteiger partial charge in [0.1, 0.15) is 23.2 Å². The number of hydrazone groups is 1. The van der Waals surface area contributed by atoms with Crippen LogP contribution in [0.1, 0.15) is 5.76 Å². The zero-order valence-electron chi connectivity index (χ0n) is 11.6. The number of rotatable bonds is 7. The number of aliphatic carboxylic acids is 1. The van der Waals surface area contributed by atoms with Gasteiger partial charge in [0.05, 0.1) is 7.11 Å². The summed E-state index contributed by atoms with van der Waals surface area (Å²) in [7, 11) is 1.57. The summed E-state index contributed by atoms with van der Waals surface area (Å²) in [4.78, 5) is 21.1. The van der Waals surface area contributed by atoms with Crippen LogP contribution in [0.25, 0.3) is 11.3 Å². The Morgan fingerprint density at radius 2 is 2.23 bits per heavy atom. The number of isocyanates is 1. The van der Waals surface area contributed by atoms with Gasteiger partial charge in [-0.2, -0.15) is 0 Å². The predicted molar refractivity (Wildman–Crippen MR) is 74.9 cm³/mol. The highest BCUT2D eigenvalue weighted by molar-refractivity contribution is 5.74. The molecule has 2 aromatic rings. The van der Waals surface area contributed by atoms with Crippen molar-refractivity contribution >= 4 is 12.0 Å². The van der Waals surface area contributed by atoms with Crippen LogP contribution < -0.4 is 10.2 Å². The first-order chi connectivity index (χ1) is 10.6. The average molecular weight is 303 g/mol. The number of carbonyl (C=O) groups is 1. The number of methoxy groups -OCH3 is 1. The SMILES string of the molecule is COc1ccc(-c2cc(CC(NN=C=O)C(=O)O)on2)cc1. The maximum Gasteiger partial charge on any atom is 0.328 e. The smallest absolute Gasteiger partial charge is 0.328 e. The molecular formula is C14H13N3O5. The van der Waals surface area contributed by atoms with Crippen LogP contribution in [0.2, 0.25) is 0 Å². The summed E-state index contributed by atoms with van der Waals surface area (Å²) < 4.78 is 10.2. The second-order valence-electron chi connectivity index (χ2n) is 4.33. The van der Waals surface area contributed by atoms with E-state index in [1.54, 1.807) is 25.3 Å². The molecule has 0 saturated carbocycles. The quantitative estimate of drug-likeness (QED) is 0.448. The zero-order valence-corrected chi connectivity index (χ0v) is 11.6. The number of nitrogens with zero attached hydrogens (tertiary/aromatic N) is 2. The van der Waals surface area contributed by atoms with E-state index in [0.29, 0.717) is 17.2 Å². The van der Waals surface area contributed by atoms with E-state index in [1.165, 1.54) is 6.08 Å². The minimum atomic E-state index is -1.17. The molecular weight excluding hydrogens is 290 g/mol. The van der Waals surface area contributed by atoms with Crippen molar-refractivity contribution < 1.29 is 24.0 Å². The average Bonchev–Trinajstić information content (AvgIpc) is 3.00. The number of carboxylic acids is 1. The van der Waals surface area contributed by atoms with Crippen molar-refractivity contribution in [3.8, 4) is 17.0 Å². The fraction of sp³-hybridized carbons (Fsp3) is 0.214. The third-order valence-corrected chi connectivity index (χ3v) is 2.91. The monoisotopic (exact) mass is 303 g/mol. The van der Waals surface area contributed by atoms with Crippen molar-refractivity contribution in [1.29, 1.82) is 0 Å². The maximum absolute atomic E-state index is 11.0. The predicted octanol–water partition coefficient (Wildman–Crippen LogP) is 1.19. The molecule has 0 aliphatic heterocycles. The van der Waals surface area contributed by atoms with Gasteiger partial charge >= 0.3 is 5.97 Å². The Kier molecular flexibility index (Phi) is 4.89. The van der Waals surface area contributed by atoms with E-state index in [4.69, 9.17) is 14.4 Å². The van der Waals surface area contributed by atoms with Crippen LogP contribution in [-0.2, 0) is 16.0 Å². The molecule has 1 atom stereocenters. The molecule has 0 bridgehead atoms. The number of nitrogens with one attached hydrogen (secondary N) is 1. The molecule has 8 heteroatoms. The van der Waals surface area contributed by atoms with Gasteiger partial charge in [-0.25, -0.2) is 9.59 Å². The first-order valence-corrected chi connectivity index (χ1v) is 6.29. The molecule has 114 valence electrons. The van der Waals surface area contributed by atoms with E-state index in [1.807, 2.05) is 12.1 Å². The van der Waals surface area contributed by atoms with Gasteiger partial charge in [-0.05, 0) is 24.3 Å². The molecule has 0 radical (unpaired) electrons. The van der Waals surface area contributed by atoms with Gasteiger partial charge in [-0.1, -0.05) is 10.3 Å². The second-order valence-corrected chi connectivity index (χ2v) is 4.33. The first kappa shape index (κ1) is 15.3. The lowest BCUT2D eigenvalue weighted by atomic mass is 10.1. The van der Waals surface area contributed by atoms with E-state index in [9.17, 15) is 9.59 Å². The Hall–Kier alpha value is -3.12. The molecule has 0 fully saturated rings. The molecule has 22 heavy (non-hydrogen) atoms. The molecule has 2 rings (SSSR count). The van der Waals surface area contributed by atoms with Gasteiger partial charge in [0.2, 0.25) is 0 Å². The van der Waals surface area contributed by atoms with Crippen molar-refractivity contribution in [1.82, 2.24) is 10.6 Å². The summed E-state index contributed by atoms with van der Waals surface area (Å²) in [6.07, 6.45) is 1.21. The van der Waals surface area contributed by atoms with E-state index in [0.717, 1.165) is 5.56 Å². The molecule has 2 N–H and O–H groups in total. The Morgan fingerprint density at radius 1 is 1.50 bits per heavy atom. The summed E-state index contributed by atoms with van der Waals surface area (Å²) in [6, 6.07) is 7.71. The van der Waals surface area contributed by atoms with E-state index >= 15 is 0 Å². The highest BCUT2D eigenvalue weighted by atomic mass is 16.5. The number of ether oxygens (including phenoxy) is 1. The van der Waals surface area contributed by atoms with Crippen LogP contribution in [0, 0.1) is 0 Å². The minimum Gasteiger partial charge on any atom is -0.497 e. The largest absolute Gasteiger partial charge is 0.497 e. The highest BCUT2D eigenvalue weighted by Gasteiger charge is 2.20. The van der Waals surface area contributed by atoms with E-state index in [2.05, 4.69) is 15.7 Å². The lowest BCUT2D eigenvalue weighted by molar-refractivity contribution is -0.139. The van der Waals surface area contributed by atoms with Crippen LogP contribution in [0.3, 0.4) is 0 Å². The molecule has 0 amide bonds. The van der Waals surface area contributed by atoms with Gasteiger partial charge < -0.3 is 14.4 Å². The molecule has 0 aliphatic rings. The molecule has 1 aromatic heterocycles. The highest BCUT2D eigenvalue weighted by Crippen LogP contribution is 2.22. The Balaban J connectivity index is 2.12. The van der Waals surface area contributed by atoms with Gasteiger partial charge in [0, 0.05) is 18.1 Å². The van der Waals surface area contributed by atoms with E-state index in [-0.39, 0.29) is 6.42 Å². The summed E-state index contributed by atoms with van der Waals surface area (Å²) in [5, 5.41) is 16.0. The standard InChI is InChI=1S/C14H13N3O5/c1-21-10-4-2-9(3-5-10)12-6-11(22-17-12)7-13(14(19)20)16-15-8-18/h2-6,13,16H,7H2,1H3,(H,19,20). The summed E-state index contributed by atoms with van der Waals surface area (Å²) in [5.41, 5.74) is 3.56. The molecule has 0 aliphatic carbocycles. The minimum absolute atomic E-state index is 0.0102. The summed E-state index contributed by atoms with van der Waals surface area (Å²) >= 11 is 0. The summed E-state index contributed by atoms with van der Waals surface area (Å²) in [6.45, 7) is 0. The maximum atomic E-state index is 11.0. The molecule has 0 saturated heterocycles. The molecule has 1 aromatic carbocycles. The normalized spacial score (nSPS) is 11.3. The van der Waals surface area contributed by atoms with Crippen molar-refractivity contribution in [2.24, 2.45) is 5.10 Å². The third-order valence-electron chi connectivity index (χ3n) is 2.91. The topological polar surface area (TPSA) is 114 Å². The molecule has 8 nitrogen and oxygen atoms in total. The van der Waals surface area contributed by atoms with Gasteiger partial charge in [-0.15, -0.1) is 0 Å². The van der Waals surface area contributed by atoms with Crippen molar-refractivity contribution in [3.05, 3.63) is 36.1 Å². The number of benzene rings is 1. The number of aromatic nitrogens is 1. The van der Waals surface area contributed by atoms with Crippen LogP contribution in [0.5, 0.6) is 5.75 Å². The molecule has 1 unspecified atom stereocenters. The zero-order chi connectivity index (χ0) is 15.9. The fourth-order valence-electron chi connectivity index (χ4n) is 1.80. The number of carboxylic acid groups (broad SMARTS) is 1. The Bertz CT molecular complexity index is 689. The van der Waals surface area contributed by atoms with Gasteiger partial charge in [0.25, 0.3) is 6.08 Å². The Labute approximate surface area is 125 Å². The van der Waals surface area contributed by atoms with Gasteiger partial charge in [-0.3, -0.25) is 5.43 Å². The lowest BCUT2D eigenvalue weighted by Crippen LogP contribution is -2.35. The van der Waals surface area contributed by atoms with Crippen molar-refractivity contribution in [2.45, 2.75) is 12.5 Å². The van der Waals surface area contributed by atoms with Crippen molar-refractivity contribution in [3.63, 3.8) is 0 Å². The number of hydrogen-bond donors (Lipinski definition) is 2. The summed E-state index contributed by atoms with van der Waals surface area (Å²) in [5.74, 6) is -0.0949. The second kappa shape index (κ2) is 7.05. The third kappa shape index (κ3) is 3.71. The van der Waals surface area contributed by atoms with Crippen LogP contribution in [0.4, 0.5) is 0 Å². The first-order valence-electron chi connectivity index (χ1n) is 6.29. The number of carbonyl (C=O) groups excluding carboxylic acids is 1. The Morgan fingerprint density at radius 3 is 2.82 bits per heavy atom. The number of hydrogen-bond acceptors (Lipinski definition) is 7. The van der Waals surface area contributed by atoms with Gasteiger partial charge in [0.15, 0.2) is 0 Å². The lowest BCUT2D eigenvalue weighted by Gasteiger charge is -2.07. The van der Waals surface area contributed by atoms with E-state index < -0.39 is 12.0 Å². The van der Waals surface area contributed by atoms with Crippen LogP contribution in [0.15, 0.2) is 40.0 Å². The van der Waals surface area contributed by atoms with Crippen molar-refractivity contribution in [2.75, 3.05) is 7.11 Å². The van der Waals surface area contributed by atoms with Crippen LogP contribution in [-0.4, -0.2) is 35.5 Å². The fourth-order valence-corrected chi connectivity index (χ4v) is 1.80.